The van der Waals surface area contributed by atoms with E-state index < -0.39 is 10.0 Å². The first-order chi connectivity index (χ1) is 17.3. The van der Waals surface area contributed by atoms with Crippen molar-refractivity contribution in [2.24, 2.45) is 0 Å². The summed E-state index contributed by atoms with van der Waals surface area (Å²) in [6, 6.07) is 8.70. The molecular weight excluding hydrogens is 544 g/mol. The van der Waals surface area contributed by atoms with Crippen LogP contribution in [0.5, 0.6) is 0 Å². The number of carbonyl (C=O) groups excluding carboxylic acids is 1. The Morgan fingerprint density at radius 1 is 1.17 bits per heavy atom. The normalized spacial score (nSPS) is 13.9. The standard InChI is InChI=1S/C26H27BrN4O4S/c1-3-35-24(32)5-4-12-30-15-23(25(29-30)18-8-9-18)22-16-31(26-21(22)13-19(27)14-28-26)36(33,34)20-10-6-17(2)7-11-20/h6-7,10-11,13-16,18H,3-5,8-9,12H2,1-2H3. The molecule has 3 heterocycles. The van der Waals surface area contributed by atoms with Crippen molar-refractivity contribution >= 4 is 43.0 Å². The number of nitrogens with zero attached hydrogens (tertiary/aromatic N) is 4. The summed E-state index contributed by atoms with van der Waals surface area (Å²) in [7, 11) is -3.86. The molecule has 1 aliphatic carbocycles. The van der Waals surface area contributed by atoms with Gasteiger partial charge in [0.25, 0.3) is 10.0 Å². The molecule has 188 valence electrons. The van der Waals surface area contributed by atoms with Crippen LogP contribution >= 0.6 is 15.9 Å². The number of hydrogen-bond donors (Lipinski definition) is 0. The van der Waals surface area contributed by atoms with Crippen LogP contribution in [0.4, 0.5) is 0 Å². The van der Waals surface area contributed by atoms with Gasteiger partial charge in [-0.1, -0.05) is 17.7 Å². The molecular formula is C26H27BrN4O4S. The number of rotatable bonds is 9. The lowest BCUT2D eigenvalue weighted by atomic mass is 10.0. The van der Waals surface area contributed by atoms with Crippen LogP contribution in [0.15, 0.2) is 58.3 Å². The second kappa shape index (κ2) is 9.82. The number of aryl methyl sites for hydroxylation is 2. The summed E-state index contributed by atoms with van der Waals surface area (Å²) < 4.78 is 36.2. The smallest absolute Gasteiger partial charge is 0.305 e. The van der Waals surface area contributed by atoms with Crippen molar-refractivity contribution in [3.05, 3.63) is 64.7 Å². The fourth-order valence-electron chi connectivity index (χ4n) is 4.31. The van der Waals surface area contributed by atoms with Crippen LogP contribution < -0.4 is 0 Å². The van der Waals surface area contributed by atoms with Crippen LogP contribution in [0.25, 0.3) is 22.2 Å². The highest BCUT2D eigenvalue weighted by molar-refractivity contribution is 9.10. The van der Waals surface area contributed by atoms with E-state index in [4.69, 9.17) is 9.84 Å². The van der Waals surface area contributed by atoms with E-state index in [-0.39, 0.29) is 10.9 Å². The van der Waals surface area contributed by atoms with Crippen molar-refractivity contribution in [2.45, 2.75) is 56.9 Å². The second-order valence-corrected chi connectivity index (χ2v) is 11.8. The van der Waals surface area contributed by atoms with Crippen molar-refractivity contribution in [3.63, 3.8) is 0 Å². The van der Waals surface area contributed by atoms with E-state index in [0.717, 1.165) is 45.1 Å². The maximum atomic E-state index is 13.6. The van der Waals surface area contributed by atoms with Gasteiger partial charge in [-0.15, -0.1) is 0 Å². The Morgan fingerprint density at radius 3 is 2.61 bits per heavy atom. The van der Waals surface area contributed by atoms with Crippen molar-refractivity contribution in [1.29, 1.82) is 0 Å². The number of carbonyl (C=O) groups is 1. The van der Waals surface area contributed by atoms with Crippen molar-refractivity contribution in [1.82, 2.24) is 18.7 Å². The number of hydrogen-bond acceptors (Lipinski definition) is 6. The highest BCUT2D eigenvalue weighted by Crippen LogP contribution is 2.45. The number of ether oxygens (including phenoxy) is 1. The lowest BCUT2D eigenvalue weighted by molar-refractivity contribution is -0.143. The van der Waals surface area contributed by atoms with Gasteiger partial charge in [0.15, 0.2) is 5.65 Å². The molecule has 0 atom stereocenters. The molecule has 1 aromatic carbocycles. The minimum atomic E-state index is -3.86. The second-order valence-electron chi connectivity index (χ2n) is 9.06. The summed E-state index contributed by atoms with van der Waals surface area (Å²) in [5.74, 6) is 0.131. The van der Waals surface area contributed by atoms with E-state index in [2.05, 4.69) is 20.9 Å². The van der Waals surface area contributed by atoms with Gasteiger partial charge >= 0.3 is 5.97 Å². The first-order valence-electron chi connectivity index (χ1n) is 12.0. The van der Waals surface area contributed by atoms with Gasteiger partial charge in [-0.2, -0.15) is 5.10 Å². The van der Waals surface area contributed by atoms with Gasteiger partial charge in [-0.25, -0.2) is 17.4 Å². The van der Waals surface area contributed by atoms with Gasteiger partial charge in [0.05, 0.1) is 17.2 Å². The molecule has 36 heavy (non-hydrogen) atoms. The summed E-state index contributed by atoms with van der Waals surface area (Å²) >= 11 is 3.49. The van der Waals surface area contributed by atoms with Gasteiger partial charge in [0.2, 0.25) is 0 Å². The van der Waals surface area contributed by atoms with E-state index in [9.17, 15) is 13.2 Å². The number of esters is 1. The quantitative estimate of drug-likeness (QED) is 0.249. The van der Waals surface area contributed by atoms with E-state index in [0.29, 0.717) is 37.6 Å². The zero-order chi connectivity index (χ0) is 25.4. The van der Waals surface area contributed by atoms with Crippen LogP contribution in [0.3, 0.4) is 0 Å². The maximum Gasteiger partial charge on any atom is 0.305 e. The Bertz CT molecular complexity index is 1540. The highest BCUT2D eigenvalue weighted by Gasteiger charge is 2.32. The van der Waals surface area contributed by atoms with E-state index >= 15 is 0 Å². The molecule has 8 nitrogen and oxygen atoms in total. The lowest BCUT2D eigenvalue weighted by Gasteiger charge is -2.07. The van der Waals surface area contributed by atoms with Crippen LogP contribution in [0.2, 0.25) is 0 Å². The molecule has 3 aromatic heterocycles. The van der Waals surface area contributed by atoms with Crippen molar-refractivity contribution in [3.8, 4) is 11.1 Å². The lowest BCUT2D eigenvalue weighted by Crippen LogP contribution is -2.12. The van der Waals surface area contributed by atoms with Gasteiger partial charge in [-0.05, 0) is 67.2 Å². The molecule has 10 heteroatoms. The minimum absolute atomic E-state index is 0.207. The molecule has 1 aliphatic rings. The molecule has 0 radical (unpaired) electrons. The maximum absolute atomic E-state index is 13.6. The zero-order valence-electron chi connectivity index (χ0n) is 20.1. The SMILES string of the molecule is CCOC(=O)CCCn1cc(-c2cn(S(=O)(=O)c3ccc(C)cc3)c3ncc(Br)cc23)c(C2CC2)n1. The monoisotopic (exact) mass is 570 g/mol. The number of pyridine rings is 1. The van der Waals surface area contributed by atoms with Gasteiger partial charge < -0.3 is 4.74 Å². The molecule has 1 saturated carbocycles. The predicted octanol–water partition coefficient (Wildman–Crippen LogP) is 5.43. The van der Waals surface area contributed by atoms with Crippen LogP contribution in [0, 0.1) is 6.92 Å². The summed E-state index contributed by atoms with van der Waals surface area (Å²) in [5.41, 5.74) is 3.98. The number of benzene rings is 1. The molecule has 4 aromatic rings. The molecule has 1 fully saturated rings. The fourth-order valence-corrected chi connectivity index (χ4v) is 5.97. The summed E-state index contributed by atoms with van der Waals surface area (Å²) in [5, 5.41) is 5.56. The first kappa shape index (κ1) is 24.7. The topological polar surface area (TPSA) is 96.1 Å². The molecule has 0 aliphatic heterocycles. The molecule has 0 saturated heterocycles. The Balaban J connectivity index is 1.58. The van der Waals surface area contributed by atoms with Crippen LogP contribution in [-0.4, -0.2) is 39.7 Å². The summed E-state index contributed by atoms with van der Waals surface area (Å²) in [6.07, 6.45) is 8.26. The van der Waals surface area contributed by atoms with Gasteiger partial charge in [0.1, 0.15) is 0 Å². The average molecular weight is 571 g/mol. The van der Waals surface area contributed by atoms with Crippen LogP contribution in [0.1, 0.15) is 49.8 Å². The predicted molar refractivity (Wildman–Crippen MR) is 140 cm³/mol. The zero-order valence-corrected chi connectivity index (χ0v) is 22.5. The summed E-state index contributed by atoms with van der Waals surface area (Å²) in [6.45, 7) is 4.65. The molecule has 0 bridgehead atoms. The fraction of sp³-hybridized carbons (Fsp3) is 0.346. The van der Waals surface area contributed by atoms with E-state index in [1.807, 2.05) is 23.9 Å². The van der Waals surface area contributed by atoms with E-state index in [1.54, 1.807) is 43.6 Å². The van der Waals surface area contributed by atoms with E-state index in [1.165, 1.54) is 3.97 Å². The summed E-state index contributed by atoms with van der Waals surface area (Å²) in [4.78, 5) is 16.4. The average Bonchev–Trinajstić information content (AvgIpc) is 3.49. The molecule has 0 spiro atoms. The van der Waals surface area contributed by atoms with Gasteiger partial charge in [0, 0.05) is 58.5 Å². The Hall–Kier alpha value is -2.98. The number of fused-ring (bicyclic) bond motifs is 1. The molecule has 5 rings (SSSR count). The Labute approximate surface area is 218 Å². The minimum Gasteiger partial charge on any atom is -0.466 e. The highest BCUT2D eigenvalue weighted by atomic mass is 79.9. The third kappa shape index (κ3) is 4.84. The molecule has 0 unspecified atom stereocenters. The van der Waals surface area contributed by atoms with Crippen LogP contribution in [-0.2, 0) is 26.1 Å². The third-order valence-electron chi connectivity index (χ3n) is 6.27. The molecule has 0 amide bonds. The van der Waals surface area contributed by atoms with Crippen molar-refractivity contribution < 1.29 is 17.9 Å². The number of aromatic nitrogens is 4. The van der Waals surface area contributed by atoms with Crippen molar-refractivity contribution in [2.75, 3.05) is 6.61 Å². The molecule has 0 N–H and O–H groups in total. The number of halogens is 1. The first-order valence-corrected chi connectivity index (χ1v) is 14.2. The third-order valence-corrected chi connectivity index (χ3v) is 8.37. The van der Waals surface area contributed by atoms with Gasteiger partial charge in [-0.3, -0.25) is 9.48 Å². The largest absolute Gasteiger partial charge is 0.466 e. The Morgan fingerprint density at radius 2 is 1.92 bits per heavy atom. The Kier molecular flexibility index (Phi) is 6.74.